The van der Waals surface area contributed by atoms with Gasteiger partial charge in [-0.15, -0.1) is 0 Å². The molecule has 0 radical (unpaired) electrons. The van der Waals surface area contributed by atoms with Crippen LogP contribution in [0, 0.1) is 6.92 Å². The number of piperazine rings is 3. The Labute approximate surface area is 522 Å². The summed E-state index contributed by atoms with van der Waals surface area (Å²) in [7, 11) is 3.83. The largest absolute Gasteiger partial charge is 0.352 e. The first kappa shape index (κ1) is 61.7. The second-order valence-corrected chi connectivity index (χ2v) is 25.4. The molecule has 3 aliphatic heterocycles. The number of pyridine rings is 3. The van der Waals surface area contributed by atoms with Gasteiger partial charge in [-0.2, -0.15) is 0 Å². The van der Waals surface area contributed by atoms with E-state index in [-0.39, 0.29) is 35.0 Å². The van der Waals surface area contributed by atoms with E-state index >= 15 is 0 Å². The first-order chi connectivity index (χ1) is 41.5. The molecule has 3 aromatic carbocycles. The highest BCUT2D eigenvalue weighted by Crippen LogP contribution is 2.31. The van der Waals surface area contributed by atoms with Gasteiger partial charge in [-0.05, 0) is 114 Å². The normalized spacial score (nSPS) is 15.7. The van der Waals surface area contributed by atoms with Crippen molar-refractivity contribution in [2.75, 3.05) is 103 Å². The fraction of sp³-hybridized carbons (Fsp3) is 0.381. The molecule has 3 saturated heterocycles. The number of halogens is 3. The molecule has 0 unspecified atom stereocenters. The molecule has 6 amide bonds. The zero-order chi connectivity index (χ0) is 61.9. The topological polar surface area (TPSA) is 210 Å². The molecule has 456 valence electrons. The van der Waals surface area contributed by atoms with Gasteiger partial charge in [-0.25, -0.2) is 44.3 Å². The van der Waals surface area contributed by atoms with Crippen molar-refractivity contribution in [3.8, 4) is 0 Å². The minimum atomic E-state index is -0.163. The highest BCUT2D eigenvalue weighted by atomic mass is 35.5. The lowest BCUT2D eigenvalue weighted by molar-refractivity contribution is 0.184. The summed E-state index contributed by atoms with van der Waals surface area (Å²) in [4.78, 5) is 80.2. The van der Waals surface area contributed by atoms with Gasteiger partial charge in [0.25, 0.3) is 0 Å². The molecule has 12 rings (SSSR count). The number of H-pyrrole nitrogens is 1. The number of fused-ring (bicyclic) bond motifs is 3. The summed E-state index contributed by atoms with van der Waals surface area (Å²) in [5.74, 6) is 3.86. The predicted octanol–water partition coefficient (Wildman–Crippen LogP) is 12.2. The van der Waals surface area contributed by atoms with Crippen molar-refractivity contribution in [1.82, 2.24) is 58.7 Å². The number of aromatic amines is 1. The first-order valence-electron chi connectivity index (χ1n) is 29.1. The van der Waals surface area contributed by atoms with Crippen molar-refractivity contribution in [1.29, 1.82) is 0 Å². The zero-order valence-corrected chi connectivity index (χ0v) is 53.1. The summed E-state index contributed by atoms with van der Waals surface area (Å²) in [5.41, 5.74) is 9.19. The van der Waals surface area contributed by atoms with Gasteiger partial charge in [0, 0.05) is 111 Å². The van der Waals surface area contributed by atoms with Crippen LogP contribution in [0.3, 0.4) is 0 Å². The average Bonchev–Trinajstić information content (AvgIpc) is 2.09. The van der Waals surface area contributed by atoms with Crippen LogP contribution in [0.5, 0.6) is 0 Å². The second kappa shape index (κ2) is 25.9. The molecule has 87 heavy (non-hydrogen) atoms. The number of amides is 6. The van der Waals surface area contributed by atoms with E-state index in [4.69, 9.17) is 34.8 Å². The van der Waals surface area contributed by atoms with Gasteiger partial charge in [0.2, 0.25) is 17.8 Å². The molecule has 21 nitrogen and oxygen atoms in total. The first-order valence-corrected chi connectivity index (χ1v) is 30.3. The van der Waals surface area contributed by atoms with E-state index in [1.807, 2.05) is 96.6 Å². The number of rotatable bonds is 6. The fourth-order valence-electron chi connectivity index (χ4n) is 10.8. The van der Waals surface area contributed by atoms with Crippen molar-refractivity contribution in [3.05, 3.63) is 141 Å². The van der Waals surface area contributed by atoms with Crippen LogP contribution < -0.4 is 30.7 Å². The van der Waals surface area contributed by atoms with Crippen LogP contribution >= 0.6 is 34.8 Å². The van der Waals surface area contributed by atoms with Crippen molar-refractivity contribution >= 4 is 121 Å². The Morgan fingerprint density at radius 3 is 1.51 bits per heavy atom. The molecule has 0 bridgehead atoms. The van der Waals surface area contributed by atoms with E-state index in [0.29, 0.717) is 105 Å². The molecule has 9 heterocycles. The number of nitrogens with one attached hydrogen (secondary N) is 4. The number of anilines is 6. The van der Waals surface area contributed by atoms with Crippen LogP contribution in [0.2, 0.25) is 15.1 Å². The minimum absolute atomic E-state index is 0.00805. The smallest absolute Gasteiger partial charge is 0.324 e. The maximum Gasteiger partial charge on any atom is 0.324 e. The number of carbonyl (C=O) groups excluding carboxylic acids is 3. The summed E-state index contributed by atoms with van der Waals surface area (Å²) in [6.45, 7) is 24.2. The van der Waals surface area contributed by atoms with Crippen LogP contribution in [0.1, 0.15) is 65.2 Å². The molecule has 9 aromatic rings. The van der Waals surface area contributed by atoms with Crippen LogP contribution in [0.25, 0.3) is 33.1 Å². The Morgan fingerprint density at radius 2 is 0.989 bits per heavy atom. The molecule has 1 atom stereocenters. The molecular formula is C63H75Cl3N18O3. The van der Waals surface area contributed by atoms with Crippen LogP contribution in [-0.4, -0.2) is 155 Å². The summed E-state index contributed by atoms with van der Waals surface area (Å²) >= 11 is 18.8. The van der Waals surface area contributed by atoms with E-state index in [9.17, 15) is 14.4 Å². The number of aromatic nitrogens is 9. The lowest BCUT2D eigenvalue weighted by Crippen LogP contribution is -2.55. The molecular weight excluding hydrogens is 1160 g/mol. The van der Waals surface area contributed by atoms with Gasteiger partial charge in [0.05, 0.1) is 48.2 Å². The third-order valence-electron chi connectivity index (χ3n) is 15.9. The molecule has 0 saturated carbocycles. The van der Waals surface area contributed by atoms with Gasteiger partial charge in [-0.1, -0.05) is 94.5 Å². The third kappa shape index (κ3) is 14.2. The lowest BCUT2D eigenvalue weighted by Gasteiger charge is -2.40. The van der Waals surface area contributed by atoms with Crippen molar-refractivity contribution in [3.63, 3.8) is 0 Å². The maximum atomic E-state index is 12.9. The van der Waals surface area contributed by atoms with Crippen LogP contribution in [-0.2, 0) is 24.9 Å². The molecule has 3 fully saturated rings. The van der Waals surface area contributed by atoms with Crippen molar-refractivity contribution < 1.29 is 14.4 Å². The number of nitrogens with zero attached hydrogens (tertiary/aromatic N) is 14. The Morgan fingerprint density at radius 1 is 0.517 bits per heavy atom. The summed E-state index contributed by atoms with van der Waals surface area (Å²) in [6, 6.07) is 29.0. The van der Waals surface area contributed by atoms with E-state index in [1.165, 1.54) is 11.1 Å². The molecule has 24 heteroatoms. The molecule has 0 spiro atoms. The van der Waals surface area contributed by atoms with Crippen LogP contribution in [0.15, 0.2) is 110 Å². The van der Waals surface area contributed by atoms with Crippen LogP contribution in [0.4, 0.5) is 49.7 Å². The summed E-state index contributed by atoms with van der Waals surface area (Å²) < 4.78 is 3.83. The number of aryl methyl sites for hydroxylation is 3. The number of carbonyl (C=O) groups is 3. The van der Waals surface area contributed by atoms with E-state index in [0.717, 1.165) is 56.1 Å². The Bertz CT molecular complexity index is 3950. The van der Waals surface area contributed by atoms with Crippen molar-refractivity contribution in [2.24, 2.45) is 14.1 Å². The van der Waals surface area contributed by atoms with Gasteiger partial charge in [-0.3, -0.25) is 16.0 Å². The van der Waals surface area contributed by atoms with Gasteiger partial charge in [0.1, 0.15) is 17.5 Å². The monoisotopic (exact) mass is 1240 g/mol. The molecule has 0 aliphatic carbocycles. The highest BCUT2D eigenvalue weighted by Gasteiger charge is 2.31. The van der Waals surface area contributed by atoms with Crippen molar-refractivity contribution in [2.45, 2.75) is 72.3 Å². The molecule has 4 N–H and O–H groups in total. The number of imidazole rings is 3. The molecule has 3 aliphatic rings. The van der Waals surface area contributed by atoms with Gasteiger partial charge >= 0.3 is 18.1 Å². The second-order valence-electron chi connectivity index (χ2n) is 24.2. The molecule has 6 aromatic heterocycles. The lowest BCUT2D eigenvalue weighted by atomic mass is 9.87. The number of hydrogen-bond acceptors (Lipinski definition) is 12. The minimum Gasteiger partial charge on any atom is -0.352 e. The third-order valence-corrected chi connectivity index (χ3v) is 16.8. The number of benzene rings is 3. The zero-order valence-electron chi connectivity index (χ0n) is 50.9. The van der Waals surface area contributed by atoms with Gasteiger partial charge in [0.15, 0.2) is 0 Å². The standard InChI is InChI=1S/2C22H27ClN6O.C19H21ClN6O/c1-22(2,3)15-7-8-18-17(14-15)25-20(27(18)4)26-21(30)29-12-10-28(11-13-29)19-16(23)6-5-9-24-19;1-14-13-28(19-16(23)6-5-9-24-19)10-11-29(14)21(30)27-20-25-17-8-7-15(22(2,3)4)12-18(17)26-20;1-13-5-6-15-16(12-13)24(2)18(22-15)23-19(27)26-10-8-25(9-11-26)17-14(20)4-3-7-21-17/h5-9,14H,10-13H2,1-4H3,(H,25,26,30);5-9,12,14H,10-11,13H2,1-4H3,(H2,25,26,27,30);3-7,12H,8-11H2,1-2H3,(H,22,23,27)/t;14-;/m.0./s1. The van der Waals surface area contributed by atoms with E-state index < -0.39 is 0 Å². The maximum absolute atomic E-state index is 12.9. The Kier molecular flexibility index (Phi) is 18.4. The fourth-order valence-corrected chi connectivity index (χ4v) is 11.5. The van der Waals surface area contributed by atoms with E-state index in [2.05, 4.69) is 143 Å². The average molecular weight is 1240 g/mol. The number of hydrogen-bond donors (Lipinski definition) is 4. The summed E-state index contributed by atoms with van der Waals surface area (Å²) in [6.07, 6.45) is 5.20. The van der Waals surface area contributed by atoms with E-state index in [1.54, 1.807) is 28.4 Å². The Balaban J connectivity index is 0.000000145. The quantitative estimate of drug-likeness (QED) is 0.123. The highest BCUT2D eigenvalue weighted by molar-refractivity contribution is 6.33. The number of urea groups is 3. The Hall–Kier alpha value is -8.40. The predicted molar refractivity (Wildman–Crippen MR) is 350 cm³/mol. The summed E-state index contributed by atoms with van der Waals surface area (Å²) in [5, 5.41) is 10.7. The van der Waals surface area contributed by atoms with Gasteiger partial charge < -0.3 is 43.5 Å². The SMILES string of the molecule is C[C@H]1CN(c2ncccc2Cl)CCN1C(=O)Nc1nc2ccc(C(C)(C)C)cc2[nH]1.Cc1ccc2nc(NC(=O)N3CCN(c4ncccc4Cl)CC3)n(C)c2c1.Cn1c(NC(=O)N2CCN(c3ncccc3Cl)CC2)nc2cc(C(C)(C)C)ccc21.